The number of ether oxygens (including phenoxy) is 1. The Morgan fingerprint density at radius 2 is 1.76 bits per heavy atom. The maximum atomic E-state index is 11.2. The van der Waals surface area contributed by atoms with Crippen LogP contribution in [0.4, 0.5) is 0 Å². The van der Waals surface area contributed by atoms with Crippen molar-refractivity contribution in [2.45, 2.75) is 44.2 Å². The second kappa shape index (κ2) is 8.37. The van der Waals surface area contributed by atoms with Crippen LogP contribution in [0.3, 0.4) is 0 Å². The first-order valence-corrected chi connectivity index (χ1v) is 5.45. The lowest BCUT2D eigenvalue weighted by Crippen LogP contribution is -2.49. The minimum atomic E-state index is -1.96. The van der Waals surface area contributed by atoms with Crippen LogP contribution in [0.2, 0.25) is 0 Å². The summed E-state index contributed by atoms with van der Waals surface area (Å²) in [6.45, 7) is 1.20. The highest BCUT2D eigenvalue weighted by molar-refractivity contribution is 5.75. The van der Waals surface area contributed by atoms with Gasteiger partial charge >= 0.3 is 5.97 Å². The van der Waals surface area contributed by atoms with Crippen LogP contribution in [0.5, 0.6) is 0 Å². The molecule has 0 aliphatic heterocycles. The molecule has 102 valence electrons. The van der Waals surface area contributed by atoms with E-state index in [2.05, 4.69) is 4.74 Å². The molecule has 0 aromatic rings. The molecule has 0 radical (unpaired) electrons. The second-order valence-corrected chi connectivity index (χ2v) is 3.70. The van der Waals surface area contributed by atoms with Gasteiger partial charge in [-0.3, -0.25) is 0 Å². The second-order valence-electron chi connectivity index (χ2n) is 3.70. The van der Waals surface area contributed by atoms with Crippen LogP contribution in [-0.2, 0) is 9.53 Å². The first-order chi connectivity index (χ1) is 7.95. The van der Waals surface area contributed by atoms with Crippen LogP contribution < -0.4 is 0 Å². The molecular weight excluding hydrogens is 232 g/mol. The highest BCUT2D eigenvalue weighted by Gasteiger charge is 2.34. The third-order valence-electron chi connectivity index (χ3n) is 2.24. The summed E-state index contributed by atoms with van der Waals surface area (Å²) in [6.07, 6.45) is -5.90. The monoisotopic (exact) mass is 252 g/mol. The van der Waals surface area contributed by atoms with Crippen molar-refractivity contribution < 1.29 is 35.1 Å². The van der Waals surface area contributed by atoms with E-state index in [4.69, 9.17) is 10.2 Å². The number of aliphatic hydroxyl groups excluding tert-OH is 5. The van der Waals surface area contributed by atoms with Crippen LogP contribution in [0.15, 0.2) is 0 Å². The average molecular weight is 252 g/mol. The Morgan fingerprint density at radius 1 is 1.18 bits per heavy atom. The van der Waals surface area contributed by atoms with Crippen molar-refractivity contribution in [3.8, 4) is 0 Å². The van der Waals surface area contributed by atoms with Gasteiger partial charge in [-0.05, 0) is 6.42 Å². The summed E-state index contributed by atoms with van der Waals surface area (Å²) in [4.78, 5) is 11.2. The van der Waals surface area contributed by atoms with E-state index in [-0.39, 0.29) is 6.61 Å². The molecule has 7 heteroatoms. The van der Waals surface area contributed by atoms with E-state index in [9.17, 15) is 20.1 Å². The van der Waals surface area contributed by atoms with Crippen LogP contribution in [-0.4, -0.2) is 69.1 Å². The van der Waals surface area contributed by atoms with E-state index in [0.717, 1.165) is 6.42 Å². The molecule has 0 unspecified atom stereocenters. The quantitative estimate of drug-likeness (QED) is 0.244. The molecule has 0 fully saturated rings. The van der Waals surface area contributed by atoms with Crippen LogP contribution >= 0.6 is 0 Å². The Labute approximate surface area is 99.3 Å². The smallest absolute Gasteiger partial charge is 0.337 e. The lowest BCUT2D eigenvalue weighted by atomic mass is 10.0. The van der Waals surface area contributed by atoms with Gasteiger partial charge in [0, 0.05) is 0 Å². The molecular formula is C10H20O7. The van der Waals surface area contributed by atoms with E-state index >= 15 is 0 Å². The van der Waals surface area contributed by atoms with Crippen molar-refractivity contribution in [2.75, 3.05) is 13.2 Å². The fraction of sp³-hybridized carbons (Fsp3) is 0.900. The van der Waals surface area contributed by atoms with Crippen molar-refractivity contribution in [3.05, 3.63) is 0 Å². The number of unbranched alkanes of at least 4 members (excludes halogenated alkanes) is 1. The summed E-state index contributed by atoms with van der Waals surface area (Å²) in [6, 6.07) is 0. The minimum Gasteiger partial charge on any atom is -0.464 e. The normalized spacial score (nSPS) is 18.2. The number of carbonyl (C=O) groups excluding carboxylic acids is 1. The summed E-state index contributed by atoms with van der Waals surface area (Å²) in [5, 5.41) is 45.5. The van der Waals surface area contributed by atoms with E-state index < -0.39 is 37.0 Å². The fourth-order valence-corrected chi connectivity index (χ4v) is 1.06. The molecule has 7 nitrogen and oxygen atoms in total. The zero-order chi connectivity index (χ0) is 13.4. The van der Waals surface area contributed by atoms with Gasteiger partial charge in [-0.15, -0.1) is 0 Å². The Bertz CT molecular complexity index is 221. The molecule has 0 aliphatic carbocycles. The highest BCUT2D eigenvalue weighted by atomic mass is 16.5. The number of rotatable bonds is 8. The van der Waals surface area contributed by atoms with Gasteiger partial charge in [0.15, 0.2) is 6.10 Å². The molecule has 0 saturated carbocycles. The highest BCUT2D eigenvalue weighted by Crippen LogP contribution is 2.07. The predicted octanol–water partition coefficient (Wildman–Crippen LogP) is -2.23. The number of esters is 1. The van der Waals surface area contributed by atoms with Gasteiger partial charge in [0.05, 0.1) is 13.2 Å². The van der Waals surface area contributed by atoms with E-state index in [1.165, 1.54) is 0 Å². The topological polar surface area (TPSA) is 127 Å². The van der Waals surface area contributed by atoms with Gasteiger partial charge in [0.2, 0.25) is 0 Å². The van der Waals surface area contributed by atoms with Gasteiger partial charge in [-0.25, -0.2) is 4.79 Å². The summed E-state index contributed by atoms with van der Waals surface area (Å²) >= 11 is 0. The summed E-state index contributed by atoms with van der Waals surface area (Å²) in [5.74, 6) is -1.07. The standard InChI is InChI=1S/C10H20O7/c1-2-3-4-17-10(16)9(15)8(14)7(13)6(12)5-11/h6-9,11-15H,2-5H2,1H3/t6-,7-,8+,9-/m1/s1. The molecule has 0 aliphatic rings. The van der Waals surface area contributed by atoms with E-state index in [1.807, 2.05) is 6.92 Å². The molecule has 17 heavy (non-hydrogen) atoms. The fourth-order valence-electron chi connectivity index (χ4n) is 1.06. The molecule has 0 aromatic carbocycles. The minimum absolute atomic E-state index is 0.109. The van der Waals surface area contributed by atoms with Gasteiger partial charge in [-0.1, -0.05) is 13.3 Å². The molecule has 0 saturated heterocycles. The van der Waals surface area contributed by atoms with Gasteiger partial charge in [0.1, 0.15) is 18.3 Å². The van der Waals surface area contributed by atoms with Crippen molar-refractivity contribution in [1.82, 2.24) is 0 Å². The number of hydrogen-bond acceptors (Lipinski definition) is 7. The largest absolute Gasteiger partial charge is 0.464 e. The molecule has 0 heterocycles. The van der Waals surface area contributed by atoms with Gasteiger partial charge in [-0.2, -0.15) is 0 Å². The van der Waals surface area contributed by atoms with Crippen LogP contribution in [0.1, 0.15) is 19.8 Å². The third-order valence-corrected chi connectivity index (χ3v) is 2.24. The van der Waals surface area contributed by atoms with Crippen molar-refractivity contribution in [2.24, 2.45) is 0 Å². The number of hydrogen-bond donors (Lipinski definition) is 5. The molecule has 4 atom stereocenters. The van der Waals surface area contributed by atoms with Crippen molar-refractivity contribution >= 4 is 5.97 Å². The Morgan fingerprint density at radius 3 is 2.24 bits per heavy atom. The lowest BCUT2D eigenvalue weighted by Gasteiger charge is -2.24. The van der Waals surface area contributed by atoms with Gasteiger partial charge < -0.3 is 30.3 Å². The molecule has 0 aromatic heterocycles. The van der Waals surface area contributed by atoms with Gasteiger partial charge in [0.25, 0.3) is 0 Å². The van der Waals surface area contributed by atoms with Crippen molar-refractivity contribution in [1.29, 1.82) is 0 Å². The molecule has 0 bridgehead atoms. The molecule has 0 rings (SSSR count). The van der Waals surface area contributed by atoms with Crippen LogP contribution in [0, 0.1) is 0 Å². The van der Waals surface area contributed by atoms with Crippen molar-refractivity contribution in [3.63, 3.8) is 0 Å². The Hall–Kier alpha value is -0.730. The summed E-state index contributed by atoms with van der Waals surface area (Å²) in [7, 11) is 0. The average Bonchev–Trinajstić information content (AvgIpc) is 2.35. The van der Waals surface area contributed by atoms with Crippen LogP contribution in [0.25, 0.3) is 0 Å². The number of carbonyl (C=O) groups is 1. The van der Waals surface area contributed by atoms with E-state index in [1.54, 1.807) is 0 Å². The number of aliphatic hydroxyl groups is 5. The third kappa shape index (κ3) is 5.42. The summed E-state index contributed by atoms with van der Waals surface area (Å²) < 4.78 is 4.62. The SMILES string of the molecule is CCCCOC(=O)[C@H](O)[C@@H](O)[C@H](O)[C@H](O)CO. The molecule has 0 spiro atoms. The Kier molecular flexibility index (Phi) is 8.01. The molecule has 5 N–H and O–H groups in total. The molecule has 0 amide bonds. The Balaban J connectivity index is 4.18. The first kappa shape index (κ1) is 16.3. The lowest BCUT2D eigenvalue weighted by molar-refractivity contribution is -0.170. The summed E-state index contributed by atoms with van der Waals surface area (Å²) in [5.41, 5.74) is 0. The maximum Gasteiger partial charge on any atom is 0.337 e. The van der Waals surface area contributed by atoms with E-state index in [0.29, 0.717) is 6.42 Å². The predicted molar refractivity (Wildman–Crippen MR) is 57.0 cm³/mol. The zero-order valence-corrected chi connectivity index (χ0v) is 9.69. The zero-order valence-electron chi connectivity index (χ0n) is 9.69. The first-order valence-electron chi connectivity index (χ1n) is 5.45. The maximum absolute atomic E-state index is 11.2.